The van der Waals surface area contributed by atoms with Crippen LogP contribution in [0.2, 0.25) is 0 Å². The van der Waals surface area contributed by atoms with E-state index in [0.29, 0.717) is 17.9 Å². The van der Waals surface area contributed by atoms with Crippen LogP contribution in [0.25, 0.3) is 16.9 Å². The lowest BCUT2D eigenvalue weighted by Crippen LogP contribution is -2.24. The van der Waals surface area contributed by atoms with Gasteiger partial charge in [-0.2, -0.15) is 10.2 Å². The van der Waals surface area contributed by atoms with Gasteiger partial charge in [-0.05, 0) is 48.9 Å². The Balaban J connectivity index is 1.49. The van der Waals surface area contributed by atoms with Crippen LogP contribution in [0.4, 0.5) is 5.69 Å². The first-order valence-corrected chi connectivity index (χ1v) is 11.6. The molecule has 0 unspecified atom stereocenters. The predicted octanol–water partition coefficient (Wildman–Crippen LogP) is 4.77. The number of nitrogens with zero attached hydrogens (tertiary/aromatic N) is 4. The molecule has 4 rings (SSSR count). The van der Waals surface area contributed by atoms with Crippen molar-refractivity contribution < 1.29 is 19.2 Å². The Morgan fingerprint density at radius 1 is 1.05 bits per heavy atom. The van der Waals surface area contributed by atoms with E-state index >= 15 is 0 Å². The molecule has 0 fully saturated rings. The maximum atomic E-state index is 12.2. The second kappa shape index (κ2) is 12.1. The maximum Gasteiger partial charge on any atom is 0.310 e. The van der Waals surface area contributed by atoms with Crippen LogP contribution in [0, 0.1) is 10.1 Å². The normalized spacial score (nSPS) is 10.8. The summed E-state index contributed by atoms with van der Waals surface area (Å²) in [5.41, 5.74) is 5.23. The van der Waals surface area contributed by atoms with Gasteiger partial charge in [0.2, 0.25) is 0 Å². The Kier molecular flexibility index (Phi) is 8.22. The van der Waals surface area contributed by atoms with Crippen LogP contribution >= 0.6 is 0 Å². The molecule has 1 amide bonds. The van der Waals surface area contributed by atoms with Gasteiger partial charge in [0.15, 0.2) is 12.4 Å². The number of hydrazone groups is 1. The summed E-state index contributed by atoms with van der Waals surface area (Å²) in [6.45, 7) is 2.26. The van der Waals surface area contributed by atoms with E-state index in [1.165, 1.54) is 24.4 Å². The summed E-state index contributed by atoms with van der Waals surface area (Å²) in [6, 6.07) is 23.1. The van der Waals surface area contributed by atoms with Crippen LogP contribution in [0.1, 0.15) is 18.9 Å². The SMILES string of the molecule is CCCOc1ccc(-c2nn(-c3ccccc3)cc2C=NNC(=O)COc2ccccc2[N+](=O)[O-])cc1. The van der Waals surface area contributed by atoms with E-state index in [1.54, 1.807) is 10.7 Å². The van der Waals surface area contributed by atoms with Gasteiger partial charge in [0, 0.05) is 23.4 Å². The van der Waals surface area contributed by atoms with Crippen LogP contribution in [0.15, 0.2) is 90.2 Å². The molecule has 0 aliphatic heterocycles. The average molecular weight is 500 g/mol. The summed E-state index contributed by atoms with van der Waals surface area (Å²) in [5, 5.41) is 19.9. The Morgan fingerprint density at radius 3 is 2.51 bits per heavy atom. The van der Waals surface area contributed by atoms with Crippen molar-refractivity contribution in [3.63, 3.8) is 0 Å². The van der Waals surface area contributed by atoms with Crippen molar-refractivity contribution in [2.75, 3.05) is 13.2 Å². The summed E-state index contributed by atoms with van der Waals surface area (Å²) in [7, 11) is 0. The minimum atomic E-state index is -0.570. The number of nitrogens with one attached hydrogen (secondary N) is 1. The summed E-state index contributed by atoms with van der Waals surface area (Å²) in [4.78, 5) is 22.8. The van der Waals surface area contributed by atoms with Crippen molar-refractivity contribution in [3.05, 3.63) is 101 Å². The smallest absolute Gasteiger partial charge is 0.310 e. The fourth-order valence-corrected chi connectivity index (χ4v) is 3.43. The molecule has 0 radical (unpaired) electrons. The molecule has 1 heterocycles. The number of carbonyl (C=O) groups is 1. The Bertz CT molecular complexity index is 1380. The van der Waals surface area contributed by atoms with Crippen LogP contribution in [0.3, 0.4) is 0 Å². The molecule has 188 valence electrons. The molecule has 4 aromatic rings. The van der Waals surface area contributed by atoms with Gasteiger partial charge < -0.3 is 9.47 Å². The van der Waals surface area contributed by atoms with Crippen molar-refractivity contribution in [1.29, 1.82) is 0 Å². The van der Waals surface area contributed by atoms with E-state index in [9.17, 15) is 14.9 Å². The van der Waals surface area contributed by atoms with Crippen LogP contribution in [0.5, 0.6) is 11.5 Å². The molecule has 0 saturated carbocycles. The van der Waals surface area contributed by atoms with Crippen molar-refractivity contribution in [3.8, 4) is 28.4 Å². The van der Waals surface area contributed by atoms with Gasteiger partial charge in [-0.25, -0.2) is 10.1 Å². The van der Waals surface area contributed by atoms with Crippen molar-refractivity contribution in [2.24, 2.45) is 5.10 Å². The fourth-order valence-electron chi connectivity index (χ4n) is 3.43. The highest BCUT2D eigenvalue weighted by atomic mass is 16.6. The predicted molar refractivity (Wildman–Crippen MR) is 139 cm³/mol. The number of ether oxygens (including phenoxy) is 2. The summed E-state index contributed by atoms with van der Waals surface area (Å²) in [6.07, 6.45) is 4.22. The highest BCUT2D eigenvalue weighted by molar-refractivity contribution is 5.89. The maximum absolute atomic E-state index is 12.2. The zero-order chi connectivity index (χ0) is 26.0. The Labute approximate surface area is 213 Å². The molecular formula is C27H25N5O5. The van der Waals surface area contributed by atoms with E-state index in [0.717, 1.165) is 23.4 Å². The molecule has 3 aromatic carbocycles. The molecule has 0 aliphatic carbocycles. The first-order chi connectivity index (χ1) is 18.0. The number of hydrogen-bond acceptors (Lipinski definition) is 7. The molecule has 0 aliphatic rings. The van der Waals surface area contributed by atoms with Crippen molar-refractivity contribution >= 4 is 17.8 Å². The molecule has 0 saturated heterocycles. The lowest BCUT2D eigenvalue weighted by atomic mass is 10.1. The van der Waals surface area contributed by atoms with Gasteiger partial charge in [0.25, 0.3) is 5.91 Å². The van der Waals surface area contributed by atoms with E-state index < -0.39 is 17.4 Å². The number of para-hydroxylation sites is 3. The fraction of sp³-hybridized carbons (Fsp3) is 0.148. The lowest BCUT2D eigenvalue weighted by Gasteiger charge is -2.06. The molecular weight excluding hydrogens is 474 g/mol. The molecule has 0 bridgehead atoms. The molecule has 37 heavy (non-hydrogen) atoms. The first kappa shape index (κ1) is 25.1. The number of hydrogen-bond donors (Lipinski definition) is 1. The molecule has 10 heteroatoms. The quantitative estimate of drug-likeness (QED) is 0.180. The van der Waals surface area contributed by atoms with E-state index in [1.807, 2.05) is 67.7 Å². The van der Waals surface area contributed by atoms with Crippen molar-refractivity contribution in [1.82, 2.24) is 15.2 Å². The number of nitro groups is 1. The van der Waals surface area contributed by atoms with Gasteiger partial charge in [0.05, 0.1) is 23.4 Å². The lowest BCUT2D eigenvalue weighted by molar-refractivity contribution is -0.385. The summed E-state index contributed by atoms with van der Waals surface area (Å²) < 4.78 is 12.7. The standard InChI is InChI=1S/C27H25N5O5/c1-2-16-36-23-14-12-20(13-15-23)27-21(18-31(30-27)22-8-4-3-5-9-22)17-28-29-26(33)19-37-25-11-7-6-10-24(25)32(34)35/h3-15,17-18H,2,16,19H2,1H3,(H,29,33). The van der Waals surface area contributed by atoms with Gasteiger partial charge >= 0.3 is 5.69 Å². The number of amides is 1. The number of aromatic nitrogens is 2. The van der Waals surface area contributed by atoms with Gasteiger partial charge in [0.1, 0.15) is 11.4 Å². The number of carbonyl (C=O) groups excluding carboxylic acids is 1. The average Bonchev–Trinajstić information content (AvgIpc) is 3.36. The highest BCUT2D eigenvalue weighted by Crippen LogP contribution is 2.26. The molecule has 0 spiro atoms. The monoisotopic (exact) mass is 499 g/mol. The van der Waals surface area contributed by atoms with Crippen LogP contribution in [-0.4, -0.2) is 40.0 Å². The van der Waals surface area contributed by atoms with Crippen molar-refractivity contribution in [2.45, 2.75) is 13.3 Å². The van der Waals surface area contributed by atoms with E-state index in [4.69, 9.17) is 14.6 Å². The van der Waals surface area contributed by atoms with Gasteiger partial charge in [-0.15, -0.1) is 0 Å². The molecule has 1 aromatic heterocycles. The third-order valence-corrected chi connectivity index (χ3v) is 5.18. The van der Waals surface area contributed by atoms with E-state index in [-0.39, 0.29) is 11.4 Å². The topological polar surface area (TPSA) is 121 Å². The van der Waals surface area contributed by atoms with Crippen LogP contribution in [-0.2, 0) is 4.79 Å². The van der Waals surface area contributed by atoms with E-state index in [2.05, 4.69) is 10.5 Å². The molecule has 10 nitrogen and oxygen atoms in total. The first-order valence-electron chi connectivity index (χ1n) is 11.6. The molecule has 0 atom stereocenters. The number of nitro benzene ring substituents is 1. The largest absolute Gasteiger partial charge is 0.494 e. The number of benzene rings is 3. The number of rotatable bonds is 11. The van der Waals surface area contributed by atoms with Gasteiger partial charge in [-0.1, -0.05) is 37.3 Å². The summed E-state index contributed by atoms with van der Waals surface area (Å²) >= 11 is 0. The zero-order valence-electron chi connectivity index (χ0n) is 20.1. The third kappa shape index (κ3) is 6.57. The second-order valence-electron chi connectivity index (χ2n) is 7.89. The Morgan fingerprint density at radius 2 is 1.78 bits per heavy atom. The zero-order valence-corrected chi connectivity index (χ0v) is 20.1. The minimum absolute atomic E-state index is 0.00409. The molecule has 1 N–H and O–H groups in total. The highest BCUT2D eigenvalue weighted by Gasteiger charge is 2.15. The summed E-state index contributed by atoms with van der Waals surface area (Å²) in [5.74, 6) is 0.211. The third-order valence-electron chi connectivity index (χ3n) is 5.18. The van der Waals surface area contributed by atoms with Gasteiger partial charge in [-0.3, -0.25) is 14.9 Å². The second-order valence-corrected chi connectivity index (χ2v) is 7.89. The Hall–Kier alpha value is -4.99. The minimum Gasteiger partial charge on any atom is -0.494 e. The van der Waals surface area contributed by atoms with Crippen LogP contribution < -0.4 is 14.9 Å².